The number of ether oxygens (including phenoxy) is 2. The second kappa shape index (κ2) is 9.94. The Balaban J connectivity index is 1.20. The van der Waals surface area contributed by atoms with Gasteiger partial charge in [0.2, 0.25) is 0 Å². The standard InChI is InChI=1S/C24H33N3O3S/c28-31-15-10-19-16-22(26-24(23(19)31)25-20-8-13-29-14-9-20)27-11-6-21(7-12-27)30-17-18-4-2-1-3-5-18/h1-5,20-22H,6-17H2,(H,25,26). The fraction of sp³-hybridized carbons (Fsp3) is 0.625. The van der Waals surface area contributed by atoms with Gasteiger partial charge >= 0.3 is 0 Å². The summed E-state index contributed by atoms with van der Waals surface area (Å²) in [6.07, 6.45) is 6.41. The molecule has 2 saturated heterocycles. The zero-order valence-electron chi connectivity index (χ0n) is 18.1. The van der Waals surface area contributed by atoms with Crippen LogP contribution in [-0.4, -0.2) is 65.3 Å². The number of amidine groups is 1. The highest BCUT2D eigenvalue weighted by molar-refractivity contribution is 7.90. The first-order valence-corrected chi connectivity index (χ1v) is 13.0. The Morgan fingerprint density at radius 3 is 2.68 bits per heavy atom. The summed E-state index contributed by atoms with van der Waals surface area (Å²) in [5.74, 6) is 1.65. The van der Waals surface area contributed by atoms with Crippen LogP contribution in [0, 0.1) is 0 Å². The summed E-state index contributed by atoms with van der Waals surface area (Å²) in [7, 11) is -0.904. The summed E-state index contributed by atoms with van der Waals surface area (Å²) in [5.41, 5.74) is 2.59. The number of piperidine rings is 1. The van der Waals surface area contributed by atoms with E-state index >= 15 is 0 Å². The van der Waals surface area contributed by atoms with Crippen LogP contribution in [0.1, 0.15) is 44.1 Å². The van der Waals surface area contributed by atoms with Crippen molar-refractivity contribution >= 4 is 16.6 Å². The Morgan fingerprint density at radius 2 is 1.90 bits per heavy atom. The van der Waals surface area contributed by atoms with E-state index in [1.807, 2.05) is 6.07 Å². The number of likely N-dealkylation sites (tertiary alicyclic amines) is 1. The summed E-state index contributed by atoms with van der Waals surface area (Å²) in [6, 6.07) is 10.8. The predicted octanol–water partition coefficient (Wildman–Crippen LogP) is 2.97. The average Bonchev–Trinajstić information content (AvgIpc) is 3.20. The van der Waals surface area contributed by atoms with Crippen molar-refractivity contribution in [1.82, 2.24) is 10.2 Å². The summed E-state index contributed by atoms with van der Waals surface area (Å²) < 4.78 is 24.3. The normalized spacial score (nSPS) is 28.5. The first-order chi connectivity index (χ1) is 15.3. The van der Waals surface area contributed by atoms with Gasteiger partial charge in [0.25, 0.3) is 0 Å². The Bertz CT molecular complexity index is 843. The molecule has 0 radical (unpaired) electrons. The van der Waals surface area contributed by atoms with Gasteiger partial charge in [-0.3, -0.25) is 9.11 Å². The first-order valence-electron chi connectivity index (χ1n) is 11.7. The Kier molecular flexibility index (Phi) is 6.84. The second-order valence-corrected chi connectivity index (χ2v) is 10.5. The van der Waals surface area contributed by atoms with Crippen molar-refractivity contribution in [3.63, 3.8) is 0 Å². The SMILES string of the molecule is O=S1CCC2=C1C(NC1CCOCC1)=NC(N1CCC(OCc3ccccc3)CC1)C2. The Labute approximate surface area is 187 Å². The maximum Gasteiger partial charge on any atom is 0.139 e. The maximum absolute atomic E-state index is 12.7. The molecule has 0 aliphatic carbocycles. The highest BCUT2D eigenvalue weighted by Gasteiger charge is 2.36. The van der Waals surface area contributed by atoms with Crippen LogP contribution >= 0.6 is 0 Å². The van der Waals surface area contributed by atoms with E-state index in [1.165, 1.54) is 11.1 Å². The molecule has 1 aromatic carbocycles. The molecule has 2 atom stereocenters. The smallest absolute Gasteiger partial charge is 0.139 e. The van der Waals surface area contributed by atoms with Gasteiger partial charge in [-0.2, -0.15) is 0 Å². The topological polar surface area (TPSA) is 63.2 Å². The van der Waals surface area contributed by atoms with E-state index in [4.69, 9.17) is 14.5 Å². The van der Waals surface area contributed by atoms with E-state index in [0.717, 1.165) is 81.3 Å². The third-order valence-electron chi connectivity index (χ3n) is 6.85. The van der Waals surface area contributed by atoms with Crippen LogP contribution in [0.3, 0.4) is 0 Å². The number of benzene rings is 1. The molecule has 31 heavy (non-hydrogen) atoms. The molecule has 1 N–H and O–H groups in total. The zero-order chi connectivity index (χ0) is 21.0. The van der Waals surface area contributed by atoms with E-state index in [9.17, 15) is 4.21 Å². The molecule has 2 unspecified atom stereocenters. The molecule has 0 bridgehead atoms. The van der Waals surface area contributed by atoms with E-state index in [0.29, 0.717) is 18.8 Å². The fourth-order valence-corrected chi connectivity index (χ4v) is 6.48. The molecule has 0 aromatic heterocycles. The summed E-state index contributed by atoms with van der Waals surface area (Å²) in [6.45, 7) is 4.28. The molecule has 2 fully saturated rings. The Hall–Kier alpha value is -1.54. The zero-order valence-corrected chi connectivity index (χ0v) is 18.9. The number of hydrogen-bond acceptors (Lipinski definition) is 6. The van der Waals surface area contributed by atoms with E-state index < -0.39 is 10.8 Å². The third-order valence-corrected chi connectivity index (χ3v) is 8.36. The number of hydrogen-bond donors (Lipinski definition) is 1. The average molecular weight is 444 g/mol. The van der Waals surface area contributed by atoms with Crippen molar-refractivity contribution in [1.29, 1.82) is 0 Å². The van der Waals surface area contributed by atoms with Gasteiger partial charge in [-0.25, -0.2) is 4.99 Å². The van der Waals surface area contributed by atoms with E-state index in [1.54, 1.807) is 0 Å². The molecule has 168 valence electrons. The highest BCUT2D eigenvalue weighted by atomic mass is 32.2. The van der Waals surface area contributed by atoms with Gasteiger partial charge in [-0.15, -0.1) is 0 Å². The largest absolute Gasteiger partial charge is 0.381 e. The van der Waals surface area contributed by atoms with E-state index in [-0.39, 0.29) is 6.17 Å². The maximum atomic E-state index is 12.7. The van der Waals surface area contributed by atoms with Crippen molar-refractivity contribution in [3.8, 4) is 0 Å². The second-order valence-electron chi connectivity index (χ2n) is 8.96. The molecule has 4 aliphatic heterocycles. The van der Waals surface area contributed by atoms with E-state index in [2.05, 4.69) is 34.5 Å². The lowest BCUT2D eigenvalue weighted by Crippen LogP contribution is -2.47. The lowest BCUT2D eigenvalue weighted by atomic mass is 10.0. The number of nitrogens with one attached hydrogen (secondary N) is 1. The lowest BCUT2D eigenvalue weighted by Gasteiger charge is -2.38. The molecule has 4 aliphatic rings. The van der Waals surface area contributed by atoms with Gasteiger partial charge in [0, 0.05) is 44.5 Å². The van der Waals surface area contributed by atoms with Gasteiger partial charge in [-0.05, 0) is 43.2 Å². The predicted molar refractivity (Wildman–Crippen MR) is 123 cm³/mol. The number of rotatable bonds is 5. The third kappa shape index (κ3) is 5.11. The lowest BCUT2D eigenvalue weighted by molar-refractivity contribution is -0.0104. The van der Waals surface area contributed by atoms with Crippen molar-refractivity contribution in [3.05, 3.63) is 46.4 Å². The molecular formula is C24H33N3O3S. The van der Waals surface area contributed by atoms with Gasteiger partial charge in [0.05, 0.1) is 28.4 Å². The van der Waals surface area contributed by atoms with Crippen LogP contribution in [0.5, 0.6) is 0 Å². The van der Waals surface area contributed by atoms with Crippen molar-refractivity contribution in [2.75, 3.05) is 32.1 Å². The quantitative estimate of drug-likeness (QED) is 0.758. The van der Waals surface area contributed by atoms with Gasteiger partial charge in [-0.1, -0.05) is 30.3 Å². The minimum atomic E-state index is -0.904. The number of nitrogens with zero attached hydrogens (tertiary/aromatic N) is 2. The Morgan fingerprint density at radius 1 is 1.13 bits per heavy atom. The molecule has 5 rings (SSSR count). The summed E-state index contributed by atoms with van der Waals surface area (Å²) in [5, 5.41) is 3.64. The molecular weight excluding hydrogens is 410 g/mol. The van der Waals surface area contributed by atoms with Gasteiger partial charge < -0.3 is 14.8 Å². The molecule has 7 heteroatoms. The molecule has 0 amide bonds. The highest BCUT2D eigenvalue weighted by Crippen LogP contribution is 2.34. The van der Waals surface area contributed by atoms with Gasteiger partial charge in [0.15, 0.2) is 0 Å². The number of dihydropyridines is 1. The van der Waals surface area contributed by atoms with Crippen LogP contribution in [0.15, 0.2) is 45.8 Å². The minimum absolute atomic E-state index is 0.159. The first kappa shape index (κ1) is 21.3. The summed E-state index contributed by atoms with van der Waals surface area (Å²) in [4.78, 5) is 8.61. The minimum Gasteiger partial charge on any atom is -0.381 e. The van der Waals surface area contributed by atoms with Crippen LogP contribution in [0.4, 0.5) is 0 Å². The molecule has 0 spiro atoms. The van der Waals surface area contributed by atoms with Crippen LogP contribution in [-0.2, 0) is 26.9 Å². The van der Waals surface area contributed by atoms with Crippen LogP contribution < -0.4 is 5.32 Å². The van der Waals surface area contributed by atoms with Gasteiger partial charge in [0.1, 0.15) is 12.0 Å². The summed E-state index contributed by atoms with van der Waals surface area (Å²) >= 11 is 0. The van der Waals surface area contributed by atoms with Crippen LogP contribution in [0.2, 0.25) is 0 Å². The van der Waals surface area contributed by atoms with Crippen molar-refractivity contribution < 1.29 is 13.7 Å². The molecule has 0 saturated carbocycles. The molecule has 6 nitrogen and oxygen atoms in total. The molecule has 1 aromatic rings. The van der Waals surface area contributed by atoms with Crippen molar-refractivity contribution in [2.45, 2.75) is 63.4 Å². The number of aliphatic imine (C=N–C) groups is 1. The fourth-order valence-electron chi connectivity index (χ4n) is 5.01. The van der Waals surface area contributed by atoms with Crippen molar-refractivity contribution in [2.24, 2.45) is 4.99 Å². The monoisotopic (exact) mass is 443 g/mol. The van der Waals surface area contributed by atoms with Crippen LogP contribution in [0.25, 0.3) is 0 Å². The molecule has 4 heterocycles.